The van der Waals surface area contributed by atoms with Crippen LogP contribution in [0.1, 0.15) is 10.4 Å². The lowest BCUT2D eigenvalue weighted by molar-refractivity contribution is -0.385. The summed E-state index contributed by atoms with van der Waals surface area (Å²) in [6, 6.07) is 4.67. The molecule has 0 aromatic heterocycles. The molecule has 7 nitrogen and oxygen atoms in total. The summed E-state index contributed by atoms with van der Waals surface area (Å²) in [5.74, 6) is -0.688. The molecule has 0 unspecified atom stereocenters. The molecule has 1 aromatic carbocycles. The molecule has 1 heterocycles. The summed E-state index contributed by atoms with van der Waals surface area (Å²) in [5, 5.41) is 10.7. The van der Waals surface area contributed by atoms with E-state index >= 15 is 0 Å². The van der Waals surface area contributed by atoms with Crippen LogP contribution >= 0.6 is 0 Å². The molecule has 0 spiro atoms. The summed E-state index contributed by atoms with van der Waals surface area (Å²) >= 11 is 0. The number of nitrogens with zero attached hydrogens (tertiary/aromatic N) is 3. The summed E-state index contributed by atoms with van der Waals surface area (Å²) in [6.07, 6.45) is 1.00. The lowest BCUT2D eigenvalue weighted by atomic mass is 10.1. The molecule has 0 atom stereocenters. The number of amides is 2. The number of nitro benzene ring substituents is 1. The Morgan fingerprint density at radius 2 is 2.00 bits per heavy atom. The van der Waals surface area contributed by atoms with Gasteiger partial charge in [-0.15, -0.1) is 0 Å². The standard InChI is InChI=1S/C10H5N3O4/c14-9(7-5-11-10(15)12-7)6-3-1-2-4-8(6)13(16)17/h1-5H. The predicted molar refractivity (Wildman–Crippen MR) is 58.7 cm³/mol. The largest absolute Gasteiger partial charge is 0.367 e. The third kappa shape index (κ3) is 1.98. The van der Waals surface area contributed by atoms with Crippen LogP contribution in [0.3, 0.4) is 0 Å². The summed E-state index contributed by atoms with van der Waals surface area (Å²) in [7, 11) is 0. The molecule has 84 valence electrons. The summed E-state index contributed by atoms with van der Waals surface area (Å²) in [4.78, 5) is 39.3. The van der Waals surface area contributed by atoms with E-state index in [9.17, 15) is 19.7 Å². The van der Waals surface area contributed by atoms with Gasteiger partial charge < -0.3 is 0 Å². The number of aliphatic imine (C=N–C) groups is 2. The quantitative estimate of drug-likeness (QED) is 0.445. The number of carbonyl (C=O) groups excluding carboxylic acids is 2. The normalized spacial score (nSPS) is 13.6. The van der Waals surface area contributed by atoms with Crippen LogP contribution in [0.5, 0.6) is 0 Å². The van der Waals surface area contributed by atoms with E-state index in [1.54, 1.807) is 0 Å². The Labute approximate surface area is 94.7 Å². The van der Waals surface area contributed by atoms with Crippen molar-refractivity contribution in [3.8, 4) is 0 Å². The lowest BCUT2D eigenvalue weighted by Gasteiger charge is -1.99. The third-order valence-corrected chi connectivity index (χ3v) is 2.09. The van der Waals surface area contributed by atoms with Gasteiger partial charge in [0.05, 0.1) is 11.1 Å². The minimum Gasteiger partial charge on any atom is -0.287 e. The van der Waals surface area contributed by atoms with Crippen molar-refractivity contribution in [2.24, 2.45) is 9.98 Å². The molecule has 0 N–H and O–H groups in total. The Morgan fingerprint density at radius 1 is 1.29 bits per heavy atom. The molecule has 1 aliphatic heterocycles. The molecule has 0 saturated carbocycles. The van der Waals surface area contributed by atoms with Crippen LogP contribution in [0.2, 0.25) is 0 Å². The van der Waals surface area contributed by atoms with Crippen molar-refractivity contribution in [2.75, 3.05) is 0 Å². The minimum absolute atomic E-state index is 0.114. The first-order valence-electron chi connectivity index (χ1n) is 4.54. The van der Waals surface area contributed by atoms with Crippen molar-refractivity contribution in [3.63, 3.8) is 0 Å². The summed E-state index contributed by atoms with van der Waals surface area (Å²) in [6.45, 7) is 0. The zero-order valence-corrected chi connectivity index (χ0v) is 8.36. The molecular weight excluding hydrogens is 226 g/mol. The van der Waals surface area contributed by atoms with Gasteiger partial charge in [-0.1, -0.05) is 12.1 Å². The molecule has 0 aliphatic carbocycles. The van der Waals surface area contributed by atoms with Crippen molar-refractivity contribution >= 4 is 29.4 Å². The molecule has 0 saturated heterocycles. The second kappa shape index (κ2) is 4.05. The van der Waals surface area contributed by atoms with Gasteiger partial charge >= 0.3 is 6.03 Å². The summed E-state index contributed by atoms with van der Waals surface area (Å²) < 4.78 is 0. The van der Waals surface area contributed by atoms with Gasteiger partial charge in [0.15, 0.2) is 0 Å². The van der Waals surface area contributed by atoms with Crippen LogP contribution in [0.15, 0.2) is 34.3 Å². The van der Waals surface area contributed by atoms with E-state index < -0.39 is 16.7 Å². The highest BCUT2D eigenvalue weighted by Crippen LogP contribution is 2.19. The van der Waals surface area contributed by atoms with Gasteiger partial charge in [0.1, 0.15) is 11.3 Å². The Bertz CT molecular complexity index is 589. The Balaban J connectivity index is 2.45. The highest BCUT2D eigenvalue weighted by molar-refractivity contribution is 6.67. The van der Waals surface area contributed by atoms with Crippen LogP contribution in [0.25, 0.3) is 0 Å². The molecule has 0 fully saturated rings. The molecule has 1 aliphatic rings. The predicted octanol–water partition coefficient (Wildman–Crippen LogP) is 1.42. The van der Waals surface area contributed by atoms with Crippen molar-refractivity contribution < 1.29 is 14.5 Å². The van der Waals surface area contributed by atoms with Crippen LogP contribution < -0.4 is 0 Å². The molecule has 1 aromatic rings. The second-order valence-electron chi connectivity index (χ2n) is 3.14. The van der Waals surface area contributed by atoms with E-state index in [2.05, 4.69) is 9.98 Å². The smallest absolute Gasteiger partial charge is 0.287 e. The number of para-hydroxylation sites is 1. The monoisotopic (exact) mass is 231 g/mol. The minimum atomic E-state index is -0.785. The third-order valence-electron chi connectivity index (χ3n) is 2.09. The van der Waals surface area contributed by atoms with Gasteiger partial charge in [-0.3, -0.25) is 14.9 Å². The molecule has 0 bridgehead atoms. The number of Topliss-reactive ketones (excluding diaryl/α,β-unsaturated/α-hetero) is 1. The molecule has 2 rings (SSSR count). The first-order valence-corrected chi connectivity index (χ1v) is 4.54. The first-order chi connectivity index (χ1) is 8.09. The van der Waals surface area contributed by atoms with Crippen molar-refractivity contribution in [1.82, 2.24) is 0 Å². The molecule has 7 heteroatoms. The van der Waals surface area contributed by atoms with Crippen LogP contribution in [-0.2, 0) is 0 Å². The van der Waals surface area contributed by atoms with E-state index in [4.69, 9.17) is 0 Å². The number of urea groups is 1. The fourth-order valence-electron chi connectivity index (χ4n) is 1.35. The van der Waals surface area contributed by atoms with Gasteiger partial charge in [0.2, 0.25) is 5.78 Å². The number of hydrogen-bond donors (Lipinski definition) is 0. The molecule has 17 heavy (non-hydrogen) atoms. The van der Waals surface area contributed by atoms with Crippen LogP contribution in [-0.4, -0.2) is 28.7 Å². The zero-order chi connectivity index (χ0) is 12.4. The van der Waals surface area contributed by atoms with Gasteiger partial charge in [-0.2, -0.15) is 9.98 Å². The average molecular weight is 231 g/mol. The van der Waals surface area contributed by atoms with Crippen molar-refractivity contribution in [2.45, 2.75) is 0 Å². The number of hydrogen-bond acceptors (Lipinski definition) is 4. The van der Waals surface area contributed by atoms with Crippen LogP contribution in [0, 0.1) is 10.1 Å². The number of nitro groups is 1. The maximum atomic E-state index is 11.8. The molecule has 0 radical (unpaired) electrons. The van der Waals surface area contributed by atoms with Crippen molar-refractivity contribution in [1.29, 1.82) is 0 Å². The van der Waals surface area contributed by atoms with Gasteiger partial charge in [-0.25, -0.2) is 4.79 Å². The van der Waals surface area contributed by atoms with E-state index in [1.165, 1.54) is 24.3 Å². The maximum Gasteiger partial charge on any atom is 0.367 e. The van der Waals surface area contributed by atoms with E-state index in [0.29, 0.717) is 0 Å². The van der Waals surface area contributed by atoms with Gasteiger partial charge in [-0.05, 0) is 6.07 Å². The van der Waals surface area contributed by atoms with Gasteiger partial charge in [0.25, 0.3) is 5.69 Å². The Morgan fingerprint density at radius 3 is 2.59 bits per heavy atom. The Kier molecular flexibility index (Phi) is 2.57. The lowest BCUT2D eigenvalue weighted by Crippen LogP contribution is -2.15. The summed E-state index contributed by atoms with van der Waals surface area (Å²) in [5.41, 5.74) is -0.630. The maximum absolute atomic E-state index is 11.8. The van der Waals surface area contributed by atoms with E-state index in [0.717, 1.165) is 6.21 Å². The number of carbonyl (C=O) groups is 2. The topological polar surface area (TPSA) is 102 Å². The Hall–Kier alpha value is -2.70. The second-order valence-corrected chi connectivity index (χ2v) is 3.14. The van der Waals surface area contributed by atoms with E-state index in [-0.39, 0.29) is 17.0 Å². The van der Waals surface area contributed by atoms with Crippen molar-refractivity contribution in [3.05, 3.63) is 39.9 Å². The molecule has 2 amide bonds. The fraction of sp³-hybridized carbons (Fsp3) is 0. The zero-order valence-electron chi connectivity index (χ0n) is 8.36. The number of benzene rings is 1. The first kappa shape index (κ1) is 10.8. The SMILES string of the molecule is O=C1N=CC(C(=O)c2ccccc2[N+](=O)[O-])=N1. The fourth-order valence-corrected chi connectivity index (χ4v) is 1.35. The highest BCUT2D eigenvalue weighted by Gasteiger charge is 2.24. The van der Waals surface area contributed by atoms with Crippen LogP contribution in [0.4, 0.5) is 10.5 Å². The van der Waals surface area contributed by atoms with Gasteiger partial charge in [0, 0.05) is 6.07 Å². The average Bonchev–Trinajstić information content (AvgIpc) is 2.75. The highest BCUT2D eigenvalue weighted by atomic mass is 16.6. The molecular formula is C10H5N3O4. The number of rotatable bonds is 3. The number of ketones is 1. The van der Waals surface area contributed by atoms with E-state index in [1.807, 2.05) is 0 Å².